The van der Waals surface area contributed by atoms with Gasteiger partial charge in [0, 0.05) is 40.8 Å². The van der Waals surface area contributed by atoms with Gasteiger partial charge in [0.2, 0.25) is 12.7 Å². The Bertz CT molecular complexity index is 1190. The van der Waals surface area contributed by atoms with E-state index in [1.54, 1.807) is 29.2 Å². The van der Waals surface area contributed by atoms with Crippen LogP contribution in [-0.2, 0) is 4.79 Å². The summed E-state index contributed by atoms with van der Waals surface area (Å²) in [5, 5.41) is 3.95. The molecule has 0 atom stereocenters. The zero-order valence-corrected chi connectivity index (χ0v) is 17.9. The van der Waals surface area contributed by atoms with Gasteiger partial charge in [0.1, 0.15) is 10.7 Å². The van der Waals surface area contributed by atoms with Gasteiger partial charge in [0.05, 0.1) is 5.02 Å². The lowest BCUT2D eigenvalue weighted by Gasteiger charge is -2.31. The molecule has 2 aromatic carbocycles. The number of rotatable bonds is 3. The van der Waals surface area contributed by atoms with Crippen LogP contribution in [0.1, 0.15) is 22.5 Å². The molecule has 2 aliphatic rings. The Morgan fingerprint density at radius 2 is 1.87 bits per heavy atom. The topological polar surface area (TPSA) is 67.9 Å². The first-order valence-corrected chi connectivity index (χ1v) is 11.1. The molecule has 2 aliphatic heterocycles. The minimum absolute atomic E-state index is 0.0821. The molecule has 31 heavy (non-hydrogen) atoms. The van der Waals surface area contributed by atoms with E-state index in [1.807, 2.05) is 0 Å². The van der Waals surface area contributed by atoms with Crippen molar-refractivity contribution in [1.82, 2.24) is 4.90 Å². The van der Waals surface area contributed by atoms with Gasteiger partial charge in [0.25, 0.3) is 5.91 Å². The molecule has 1 aromatic heterocycles. The lowest BCUT2D eigenvalue weighted by Crippen LogP contribution is -2.41. The molecule has 5 rings (SSSR count). The number of benzene rings is 2. The van der Waals surface area contributed by atoms with Crippen LogP contribution < -0.4 is 14.8 Å². The lowest BCUT2D eigenvalue weighted by atomic mass is 9.95. The predicted octanol–water partition coefficient (Wildman–Crippen LogP) is 4.91. The van der Waals surface area contributed by atoms with Gasteiger partial charge in [-0.15, -0.1) is 11.3 Å². The Morgan fingerprint density at radius 1 is 1.10 bits per heavy atom. The number of nitrogens with one attached hydrogen (secondary N) is 1. The standard InChI is InChI=1S/C22H18ClFN2O4S/c23-19-15-3-1-13(24)9-18(15)31-20(19)22(28)26-7-5-12(6-8-26)21(27)25-14-2-4-16-17(10-14)30-11-29-16/h1-4,9-10,12H,5-8,11H2,(H,25,27). The maximum atomic E-state index is 13.5. The monoisotopic (exact) mass is 460 g/mol. The molecule has 2 amide bonds. The molecular formula is C22H18ClFN2O4S. The Balaban J connectivity index is 1.22. The molecule has 0 bridgehead atoms. The van der Waals surface area contributed by atoms with Gasteiger partial charge in [-0.25, -0.2) is 4.39 Å². The van der Waals surface area contributed by atoms with Crippen LogP contribution in [0.2, 0.25) is 5.02 Å². The second-order valence-corrected chi connectivity index (χ2v) is 8.94. The first-order valence-electron chi connectivity index (χ1n) is 9.87. The smallest absolute Gasteiger partial charge is 0.265 e. The maximum Gasteiger partial charge on any atom is 0.265 e. The number of ether oxygens (including phenoxy) is 2. The molecule has 3 aromatic rings. The first-order chi connectivity index (χ1) is 15.0. The van der Waals surface area contributed by atoms with E-state index in [4.69, 9.17) is 21.1 Å². The molecule has 3 heterocycles. The Kier molecular flexibility index (Phi) is 5.19. The minimum atomic E-state index is -0.362. The number of halogens is 2. The summed E-state index contributed by atoms with van der Waals surface area (Å²) in [5.41, 5.74) is 0.650. The number of thiophene rings is 1. The summed E-state index contributed by atoms with van der Waals surface area (Å²) in [6.07, 6.45) is 1.11. The van der Waals surface area contributed by atoms with Crippen LogP contribution >= 0.6 is 22.9 Å². The number of carbonyl (C=O) groups is 2. The van der Waals surface area contributed by atoms with Gasteiger partial charge in [-0.05, 0) is 43.2 Å². The highest BCUT2D eigenvalue weighted by Crippen LogP contribution is 2.37. The summed E-state index contributed by atoms with van der Waals surface area (Å²) in [4.78, 5) is 27.8. The third-order valence-corrected chi connectivity index (χ3v) is 7.22. The van der Waals surface area contributed by atoms with Crippen molar-refractivity contribution in [3.05, 3.63) is 52.1 Å². The van der Waals surface area contributed by atoms with Crippen LogP contribution in [0.3, 0.4) is 0 Å². The third-order valence-electron chi connectivity index (χ3n) is 5.58. The highest BCUT2D eigenvalue weighted by molar-refractivity contribution is 7.21. The van der Waals surface area contributed by atoms with Crippen molar-refractivity contribution in [2.75, 3.05) is 25.2 Å². The van der Waals surface area contributed by atoms with Crippen molar-refractivity contribution in [1.29, 1.82) is 0 Å². The number of fused-ring (bicyclic) bond motifs is 2. The maximum absolute atomic E-state index is 13.5. The predicted molar refractivity (Wildman–Crippen MR) is 117 cm³/mol. The number of carbonyl (C=O) groups excluding carboxylic acids is 2. The van der Waals surface area contributed by atoms with E-state index < -0.39 is 0 Å². The van der Waals surface area contributed by atoms with Crippen LogP contribution in [0.25, 0.3) is 10.1 Å². The highest BCUT2D eigenvalue weighted by Gasteiger charge is 2.30. The average molecular weight is 461 g/mol. The molecule has 1 fully saturated rings. The van der Waals surface area contributed by atoms with Crippen LogP contribution in [0.15, 0.2) is 36.4 Å². The van der Waals surface area contributed by atoms with E-state index in [-0.39, 0.29) is 30.3 Å². The molecule has 0 saturated carbocycles. The second-order valence-electron chi connectivity index (χ2n) is 7.51. The summed E-state index contributed by atoms with van der Waals surface area (Å²) in [6, 6.07) is 9.59. The minimum Gasteiger partial charge on any atom is -0.454 e. The van der Waals surface area contributed by atoms with Gasteiger partial charge in [-0.3, -0.25) is 9.59 Å². The van der Waals surface area contributed by atoms with E-state index >= 15 is 0 Å². The van der Waals surface area contributed by atoms with Crippen molar-refractivity contribution in [3.63, 3.8) is 0 Å². The average Bonchev–Trinajstić information content (AvgIpc) is 3.37. The zero-order chi connectivity index (χ0) is 21.5. The molecule has 0 spiro atoms. The third kappa shape index (κ3) is 3.81. The Labute approximate surface area is 186 Å². The number of anilines is 1. The van der Waals surface area contributed by atoms with E-state index in [0.717, 1.165) is 0 Å². The number of piperidine rings is 1. The molecule has 6 nitrogen and oxygen atoms in total. The lowest BCUT2D eigenvalue weighted by molar-refractivity contribution is -0.121. The summed E-state index contributed by atoms with van der Waals surface area (Å²) in [6.45, 7) is 1.09. The normalized spacial score (nSPS) is 16.0. The summed E-state index contributed by atoms with van der Waals surface area (Å²) < 4.78 is 24.8. The van der Waals surface area contributed by atoms with Crippen molar-refractivity contribution in [2.24, 2.45) is 5.92 Å². The number of nitrogens with zero attached hydrogens (tertiary/aromatic N) is 1. The number of hydrogen-bond acceptors (Lipinski definition) is 5. The van der Waals surface area contributed by atoms with Gasteiger partial charge >= 0.3 is 0 Å². The molecule has 160 valence electrons. The van der Waals surface area contributed by atoms with Crippen molar-refractivity contribution in [3.8, 4) is 11.5 Å². The fraction of sp³-hybridized carbons (Fsp3) is 0.273. The Morgan fingerprint density at radius 3 is 2.68 bits per heavy atom. The highest BCUT2D eigenvalue weighted by atomic mass is 35.5. The fourth-order valence-corrected chi connectivity index (χ4v) is 5.39. The summed E-state index contributed by atoms with van der Waals surface area (Å²) in [5.74, 6) is 0.452. The first kappa shape index (κ1) is 20.1. The van der Waals surface area contributed by atoms with E-state index in [1.165, 1.54) is 23.5 Å². The molecule has 0 aliphatic carbocycles. The molecule has 9 heteroatoms. The van der Waals surface area contributed by atoms with Crippen molar-refractivity contribution < 1.29 is 23.5 Å². The quantitative estimate of drug-likeness (QED) is 0.602. The van der Waals surface area contributed by atoms with Crippen molar-refractivity contribution >= 4 is 50.5 Å². The number of likely N-dealkylation sites (tertiary alicyclic amines) is 1. The van der Waals surface area contributed by atoms with Gasteiger partial charge in [-0.1, -0.05) is 11.6 Å². The number of hydrogen-bond donors (Lipinski definition) is 1. The van der Waals surface area contributed by atoms with E-state index in [0.29, 0.717) is 63.1 Å². The van der Waals surface area contributed by atoms with E-state index in [2.05, 4.69) is 5.32 Å². The second kappa shape index (κ2) is 8.01. The van der Waals surface area contributed by atoms with Crippen LogP contribution in [0.4, 0.5) is 10.1 Å². The van der Waals surface area contributed by atoms with E-state index in [9.17, 15) is 14.0 Å². The molecule has 0 unspecified atom stereocenters. The summed E-state index contributed by atoms with van der Waals surface area (Å²) >= 11 is 7.58. The van der Waals surface area contributed by atoms with Gasteiger partial charge in [-0.2, -0.15) is 0 Å². The Hall–Kier alpha value is -2.84. The molecule has 1 N–H and O–H groups in total. The zero-order valence-electron chi connectivity index (χ0n) is 16.3. The molecule has 1 saturated heterocycles. The summed E-state index contributed by atoms with van der Waals surface area (Å²) in [7, 11) is 0. The van der Waals surface area contributed by atoms with Crippen LogP contribution in [0.5, 0.6) is 11.5 Å². The SMILES string of the molecule is O=C(Nc1ccc2c(c1)OCO2)C1CCN(C(=O)c2sc3cc(F)ccc3c2Cl)CC1. The van der Waals surface area contributed by atoms with Gasteiger partial charge in [0.15, 0.2) is 11.5 Å². The van der Waals surface area contributed by atoms with Gasteiger partial charge < -0.3 is 19.7 Å². The fourth-order valence-electron chi connectivity index (χ4n) is 3.88. The molecule has 0 radical (unpaired) electrons. The van der Waals surface area contributed by atoms with Crippen LogP contribution in [-0.4, -0.2) is 36.6 Å². The largest absolute Gasteiger partial charge is 0.454 e. The number of amides is 2. The molecular weight excluding hydrogens is 443 g/mol. The van der Waals surface area contributed by atoms with Crippen molar-refractivity contribution in [2.45, 2.75) is 12.8 Å². The van der Waals surface area contributed by atoms with Crippen LogP contribution in [0, 0.1) is 11.7 Å².